The van der Waals surface area contributed by atoms with Gasteiger partial charge in [0.05, 0.1) is 0 Å². The molecule has 5 nitrogen and oxygen atoms in total. The van der Waals surface area contributed by atoms with Gasteiger partial charge in [0.1, 0.15) is 17.2 Å². The minimum atomic E-state index is -1.41. The summed E-state index contributed by atoms with van der Waals surface area (Å²) in [6.45, 7) is 0. The molecule has 0 aliphatic heterocycles. The molecule has 0 bridgehead atoms. The third-order valence-corrected chi connectivity index (χ3v) is 2.29. The third kappa shape index (κ3) is 2.76. The number of anilines is 2. The van der Waals surface area contributed by atoms with Crippen molar-refractivity contribution in [3.8, 4) is 5.88 Å². The number of hydrogen-bond acceptors (Lipinski definition) is 4. The molecule has 1 heterocycles. The molecule has 0 aliphatic carbocycles. The van der Waals surface area contributed by atoms with Crippen LogP contribution in [0, 0.1) is 11.6 Å². The highest BCUT2D eigenvalue weighted by atomic mass is 19.1. The number of halogens is 2. The van der Waals surface area contributed by atoms with Gasteiger partial charge in [-0.05, 0) is 30.3 Å². The zero-order valence-corrected chi connectivity index (χ0v) is 9.39. The van der Waals surface area contributed by atoms with E-state index in [4.69, 9.17) is 10.2 Å². The number of aromatic nitrogens is 1. The predicted octanol–water partition coefficient (Wildman–Crippen LogP) is 2.51. The molecular formula is C12H8F2N2O3. The summed E-state index contributed by atoms with van der Waals surface area (Å²) in [5, 5.41) is 20.6. The molecule has 3 N–H and O–H groups in total. The largest absolute Gasteiger partial charge is 0.491 e. The SMILES string of the molecule is O=C(O)c1cc(F)c(O)nc1Nc1ccc(F)cc1. The van der Waals surface area contributed by atoms with Crippen LogP contribution in [-0.4, -0.2) is 21.2 Å². The number of aromatic carboxylic acids is 1. The van der Waals surface area contributed by atoms with E-state index in [1.54, 1.807) is 0 Å². The molecule has 0 fully saturated rings. The topological polar surface area (TPSA) is 82.5 Å². The number of benzene rings is 1. The standard InChI is InChI=1S/C12H8F2N2O3/c13-6-1-3-7(4-2-6)15-10-8(12(18)19)5-9(14)11(17)16-10/h1-5H,(H,18,19)(H2,15,16,17). The maximum absolute atomic E-state index is 13.1. The molecule has 0 saturated carbocycles. The molecule has 19 heavy (non-hydrogen) atoms. The van der Waals surface area contributed by atoms with Gasteiger partial charge in [-0.2, -0.15) is 4.98 Å². The number of nitrogens with one attached hydrogen (secondary N) is 1. The van der Waals surface area contributed by atoms with Gasteiger partial charge >= 0.3 is 5.97 Å². The van der Waals surface area contributed by atoms with Crippen molar-refractivity contribution in [1.29, 1.82) is 0 Å². The number of aromatic hydroxyl groups is 1. The lowest BCUT2D eigenvalue weighted by molar-refractivity contribution is 0.0697. The van der Waals surface area contributed by atoms with Crippen molar-refractivity contribution in [1.82, 2.24) is 4.98 Å². The van der Waals surface area contributed by atoms with Crippen molar-refractivity contribution < 1.29 is 23.8 Å². The Hall–Kier alpha value is -2.70. The first-order chi connectivity index (χ1) is 8.97. The zero-order valence-electron chi connectivity index (χ0n) is 9.39. The molecule has 2 aromatic rings. The third-order valence-electron chi connectivity index (χ3n) is 2.29. The maximum atomic E-state index is 13.1. The Morgan fingerprint density at radius 2 is 1.84 bits per heavy atom. The number of pyridine rings is 1. The second kappa shape index (κ2) is 4.89. The van der Waals surface area contributed by atoms with E-state index in [1.165, 1.54) is 12.1 Å². The van der Waals surface area contributed by atoms with Crippen LogP contribution < -0.4 is 5.32 Å². The highest BCUT2D eigenvalue weighted by Crippen LogP contribution is 2.24. The van der Waals surface area contributed by atoms with Gasteiger partial charge in [-0.3, -0.25) is 0 Å². The van der Waals surface area contributed by atoms with Gasteiger partial charge in [0.2, 0.25) is 5.88 Å². The highest BCUT2D eigenvalue weighted by molar-refractivity contribution is 5.94. The molecular weight excluding hydrogens is 258 g/mol. The molecule has 1 aromatic heterocycles. The highest BCUT2D eigenvalue weighted by Gasteiger charge is 2.16. The Balaban J connectivity index is 2.41. The van der Waals surface area contributed by atoms with Gasteiger partial charge < -0.3 is 15.5 Å². The molecule has 0 aliphatic rings. The lowest BCUT2D eigenvalue weighted by Gasteiger charge is -2.09. The number of hydrogen-bond donors (Lipinski definition) is 3. The van der Waals surface area contributed by atoms with Crippen LogP contribution in [0.5, 0.6) is 5.88 Å². The van der Waals surface area contributed by atoms with Gasteiger partial charge in [-0.1, -0.05) is 0 Å². The van der Waals surface area contributed by atoms with Crippen LogP contribution in [0.4, 0.5) is 20.3 Å². The normalized spacial score (nSPS) is 10.2. The number of carboxylic acids is 1. The molecule has 0 saturated heterocycles. The molecule has 2 rings (SSSR count). The van der Waals surface area contributed by atoms with Gasteiger partial charge in [0.25, 0.3) is 0 Å². The first kappa shape index (κ1) is 12.7. The van der Waals surface area contributed by atoms with Crippen molar-refractivity contribution >= 4 is 17.5 Å². The van der Waals surface area contributed by atoms with Crippen LogP contribution in [0.1, 0.15) is 10.4 Å². The fourth-order valence-electron chi connectivity index (χ4n) is 1.41. The number of rotatable bonds is 3. The fourth-order valence-corrected chi connectivity index (χ4v) is 1.41. The van der Waals surface area contributed by atoms with Crippen molar-refractivity contribution in [2.45, 2.75) is 0 Å². The minimum absolute atomic E-state index is 0.238. The van der Waals surface area contributed by atoms with Crippen LogP contribution >= 0.6 is 0 Å². The summed E-state index contributed by atoms with van der Waals surface area (Å²) < 4.78 is 25.8. The van der Waals surface area contributed by atoms with E-state index in [0.29, 0.717) is 11.8 Å². The van der Waals surface area contributed by atoms with Crippen LogP contribution in [0.3, 0.4) is 0 Å². The van der Waals surface area contributed by atoms with E-state index in [2.05, 4.69) is 10.3 Å². The Bertz CT molecular complexity index is 630. The molecule has 0 radical (unpaired) electrons. The van der Waals surface area contributed by atoms with E-state index >= 15 is 0 Å². The molecule has 0 spiro atoms. The lowest BCUT2D eigenvalue weighted by Crippen LogP contribution is -2.06. The predicted molar refractivity (Wildman–Crippen MR) is 62.5 cm³/mol. The summed E-state index contributed by atoms with van der Waals surface area (Å²) in [5.41, 5.74) is -0.0953. The summed E-state index contributed by atoms with van der Waals surface area (Å²) in [7, 11) is 0. The average molecular weight is 266 g/mol. The number of carboxylic acid groups (broad SMARTS) is 1. The Labute approximate surface area is 106 Å². The molecule has 98 valence electrons. The lowest BCUT2D eigenvalue weighted by atomic mass is 10.2. The Morgan fingerprint density at radius 3 is 2.42 bits per heavy atom. The average Bonchev–Trinajstić information content (AvgIpc) is 2.36. The first-order valence-electron chi connectivity index (χ1n) is 5.13. The minimum Gasteiger partial charge on any atom is -0.491 e. The Kier molecular flexibility index (Phi) is 3.28. The van der Waals surface area contributed by atoms with Gasteiger partial charge in [-0.25, -0.2) is 13.6 Å². The van der Waals surface area contributed by atoms with E-state index in [0.717, 1.165) is 12.1 Å². The van der Waals surface area contributed by atoms with E-state index in [9.17, 15) is 13.6 Å². The van der Waals surface area contributed by atoms with Gasteiger partial charge in [0.15, 0.2) is 5.82 Å². The van der Waals surface area contributed by atoms with Gasteiger partial charge in [-0.15, -0.1) is 0 Å². The fraction of sp³-hybridized carbons (Fsp3) is 0. The number of nitrogens with zero attached hydrogens (tertiary/aromatic N) is 1. The van der Waals surface area contributed by atoms with E-state index in [1.807, 2.05) is 0 Å². The van der Waals surface area contributed by atoms with E-state index in [-0.39, 0.29) is 5.82 Å². The zero-order chi connectivity index (χ0) is 14.0. The number of carbonyl (C=O) groups is 1. The van der Waals surface area contributed by atoms with Crippen molar-refractivity contribution in [2.75, 3.05) is 5.32 Å². The summed E-state index contributed by atoms with van der Waals surface area (Å²) in [5.74, 6) is -4.16. The van der Waals surface area contributed by atoms with Crippen molar-refractivity contribution in [3.05, 3.63) is 47.5 Å². The molecule has 0 unspecified atom stereocenters. The second-order valence-corrected chi connectivity index (χ2v) is 3.63. The molecule has 1 aromatic carbocycles. The summed E-state index contributed by atoms with van der Waals surface area (Å²) >= 11 is 0. The van der Waals surface area contributed by atoms with Crippen LogP contribution in [0.25, 0.3) is 0 Å². The van der Waals surface area contributed by atoms with Gasteiger partial charge in [0, 0.05) is 5.69 Å². The summed E-state index contributed by atoms with van der Waals surface area (Å²) in [4.78, 5) is 14.3. The van der Waals surface area contributed by atoms with Crippen LogP contribution in [0.15, 0.2) is 30.3 Å². The maximum Gasteiger partial charge on any atom is 0.339 e. The van der Waals surface area contributed by atoms with Crippen LogP contribution in [0.2, 0.25) is 0 Å². The van der Waals surface area contributed by atoms with E-state index < -0.39 is 29.0 Å². The molecule has 0 amide bonds. The smallest absolute Gasteiger partial charge is 0.339 e. The molecule has 7 heteroatoms. The Morgan fingerprint density at radius 1 is 1.21 bits per heavy atom. The van der Waals surface area contributed by atoms with Crippen molar-refractivity contribution in [2.24, 2.45) is 0 Å². The summed E-state index contributed by atoms with van der Waals surface area (Å²) in [6, 6.07) is 5.67. The van der Waals surface area contributed by atoms with Crippen LogP contribution in [-0.2, 0) is 0 Å². The first-order valence-corrected chi connectivity index (χ1v) is 5.13. The second-order valence-electron chi connectivity index (χ2n) is 3.63. The summed E-state index contributed by atoms with van der Waals surface area (Å²) in [6.07, 6.45) is 0. The quantitative estimate of drug-likeness (QED) is 0.795. The van der Waals surface area contributed by atoms with Crippen molar-refractivity contribution in [3.63, 3.8) is 0 Å². The monoisotopic (exact) mass is 266 g/mol. The molecule has 0 atom stereocenters.